The molecule has 8 nitrogen and oxygen atoms in total. The summed E-state index contributed by atoms with van der Waals surface area (Å²) >= 11 is 0. The van der Waals surface area contributed by atoms with Crippen LogP contribution in [-0.2, 0) is 31.8 Å². The van der Waals surface area contributed by atoms with Gasteiger partial charge in [0.2, 0.25) is 5.91 Å². The number of rotatable bonds is 6. The van der Waals surface area contributed by atoms with Crippen LogP contribution >= 0.6 is 0 Å². The zero-order valence-corrected chi connectivity index (χ0v) is 20.0. The summed E-state index contributed by atoms with van der Waals surface area (Å²) in [6.45, 7) is -1.68. The number of hydrogen-bond acceptors (Lipinski definition) is 6. The van der Waals surface area contributed by atoms with Crippen molar-refractivity contribution in [2.24, 2.45) is 0 Å². The summed E-state index contributed by atoms with van der Waals surface area (Å²) < 4.78 is 81.6. The van der Waals surface area contributed by atoms with Crippen LogP contribution in [0.4, 0.5) is 26.3 Å². The fraction of sp³-hybridized carbons (Fsp3) is 0.360. The first-order valence-corrected chi connectivity index (χ1v) is 11.5. The first kappa shape index (κ1) is 27.9. The SMILES string of the molecule is N#Cc1ccc(C(COC(=O)C(F)(F)F)N2CC(=O)N(Cc3ccc(C(F)(F)F)cc3)C3(CNC3)C2=O)cc1. The Morgan fingerprint density at radius 3 is 2.13 bits per heavy atom. The largest absolute Gasteiger partial charge is 0.490 e. The second kappa shape index (κ2) is 10.2. The average Bonchev–Trinajstić information content (AvgIpc) is 2.85. The van der Waals surface area contributed by atoms with E-state index >= 15 is 0 Å². The van der Waals surface area contributed by atoms with E-state index in [1.165, 1.54) is 41.3 Å². The van der Waals surface area contributed by atoms with Crippen LogP contribution in [0.5, 0.6) is 0 Å². The lowest BCUT2D eigenvalue weighted by atomic mass is 9.84. The molecule has 2 saturated heterocycles. The highest BCUT2D eigenvalue weighted by Gasteiger charge is 2.57. The van der Waals surface area contributed by atoms with E-state index in [1.54, 1.807) is 0 Å². The molecule has 39 heavy (non-hydrogen) atoms. The Hall–Kier alpha value is -4.12. The summed E-state index contributed by atoms with van der Waals surface area (Å²) in [5.74, 6) is -3.71. The highest BCUT2D eigenvalue weighted by atomic mass is 19.4. The van der Waals surface area contributed by atoms with Crippen LogP contribution in [0.2, 0.25) is 0 Å². The summed E-state index contributed by atoms with van der Waals surface area (Å²) in [6, 6.07) is 10.2. The number of halogens is 6. The number of benzene rings is 2. The van der Waals surface area contributed by atoms with E-state index in [9.17, 15) is 40.7 Å². The summed E-state index contributed by atoms with van der Waals surface area (Å²) in [7, 11) is 0. The monoisotopic (exact) mass is 554 g/mol. The highest BCUT2D eigenvalue weighted by Crippen LogP contribution is 2.36. The number of carbonyl (C=O) groups excluding carboxylic acids is 3. The number of esters is 1. The van der Waals surface area contributed by atoms with Crippen LogP contribution in [0.3, 0.4) is 0 Å². The van der Waals surface area contributed by atoms with Crippen molar-refractivity contribution in [1.29, 1.82) is 5.26 Å². The fourth-order valence-corrected chi connectivity index (χ4v) is 4.48. The van der Waals surface area contributed by atoms with E-state index in [0.717, 1.165) is 17.0 Å². The first-order valence-electron chi connectivity index (χ1n) is 11.5. The van der Waals surface area contributed by atoms with E-state index in [0.29, 0.717) is 5.56 Å². The molecule has 0 aliphatic carbocycles. The molecule has 2 aliphatic heterocycles. The zero-order chi connectivity index (χ0) is 28.6. The molecule has 2 aromatic rings. The number of alkyl halides is 6. The molecule has 0 bridgehead atoms. The topological polar surface area (TPSA) is 103 Å². The Kier molecular flexibility index (Phi) is 7.31. The van der Waals surface area contributed by atoms with Crippen LogP contribution in [-0.4, -0.2) is 65.5 Å². The average molecular weight is 554 g/mol. The van der Waals surface area contributed by atoms with E-state index in [4.69, 9.17) is 5.26 Å². The van der Waals surface area contributed by atoms with Gasteiger partial charge in [0.1, 0.15) is 18.7 Å². The Morgan fingerprint density at radius 1 is 1.03 bits per heavy atom. The third-order valence-electron chi connectivity index (χ3n) is 6.64. The van der Waals surface area contributed by atoms with Crippen LogP contribution in [0.1, 0.15) is 28.3 Å². The minimum absolute atomic E-state index is 0.00284. The van der Waals surface area contributed by atoms with Crippen molar-refractivity contribution in [3.63, 3.8) is 0 Å². The number of nitrogens with one attached hydrogen (secondary N) is 1. The van der Waals surface area contributed by atoms with Gasteiger partial charge in [0.25, 0.3) is 5.91 Å². The van der Waals surface area contributed by atoms with Crippen molar-refractivity contribution in [3.05, 3.63) is 70.8 Å². The summed E-state index contributed by atoms with van der Waals surface area (Å²) in [5.41, 5.74) is -1.53. The van der Waals surface area contributed by atoms with Crippen molar-refractivity contribution in [2.45, 2.75) is 30.5 Å². The molecule has 1 unspecified atom stereocenters. The zero-order valence-electron chi connectivity index (χ0n) is 20.0. The van der Waals surface area contributed by atoms with E-state index in [-0.39, 0.29) is 30.8 Å². The third kappa shape index (κ3) is 5.53. The molecule has 2 aromatic carbocycles. The first-order chi connectivity index (χ1) is 18.3. The van der Waals surface area contributed by atoms with Gasteiger partial charge >= 0.3 is 18.3 Å². The van der Waals surface area contributed by atoms with Crippen molar-refractivity contribution < 1.29 is 45.5 Å². The molecule has 206 valence electrons. The molecule has 14 heteroatoms. The molecular weight excluding hydrogens is 534 g/mol. The number of hydrogen-bond donors (Lipinski definition) is 1. The van der Waals surface area contributed by atoms with Gasteiger partial charge in [-0.25, -0.2) is 4.79 Å². The summed E-state index contributed by atoms with van der Waals surface area (Å²) in [4.78, 5) is 40.8. The number of carbonyl (C=O) groups is 3. The molecule has 1 spiro atoms. The Labute approximate surface area is 217 Å². The summed E-state index contributed by atoms with van der Waals surface area (Å²) in [5, 5.41) is 11.9. The molecule has 4 rings (SSSR count). The van der Waals surface area contributed by atoms with Gasteiger partial charge < -0.3 is 19.9 Å². The predicted octanol–water partition coefficient (Wildman–Crippen LogP) is 2.94. The van der Waals surface area contributed by atoms with Crippen molar-refractivity contribution in [2.75, 3.05) is 26.2 Å². The van der Waals surface area contributed by atoms with Crippen LogP contribution in [0.25, 0.3) is 0 Å². The van der Waals surface area contributed by atoms with Crippen molar-refractivity contribution >= 4 is 17.8 Å². The third-order valence-corrected chi connectivity index (χ3v) is 6.64. The van der Waals surface area contributed by atoms with Crippen molar-refractivity contribution in [3.8, 4) is 6.07 Å². The molecule has 0 radical (unpaired) electrons. The highest BCUT2D eigenvalue weighted by molar-refractivity contribution is 5.99. The Morgan fingerprint density at radius 2 is 1.64 bits per heavy atom. The smallest absolute Gasteiger partial charge is 0.456 e. The van der Waals surface area contributed by atoms with Gasteiger partial charge in [-0.15, -0.1) is 0 Å². The van der Waals surface area contributed by atoms with E-state index in [2.05, 4.69) is 10.1 Å². The molecular formula is C25H20F6N4O4. The second-order valence-electron chi connectivity index (χ2n) is 9.09. The lowest BCUT2D eigenvalue weighted by Gasteiger charge is -2.55. The molecule has 2 aliphatic rings. The van der Waals surface area contributed by atoms with Crippen molar-refractivity contribution in [1.82, 2.24) is 15.1 Å². The maximum atomic E-state index is 13.8. The molecule has 0 aromatic heterocycles. The van der Waals surface area contributed by atoms with Gasteiger partial charge in [0, 0.05) is 19.6 Å². The quantitative estimate of drug-likeness (QED) is 0.435. The maximum absolute atomic E-state index is 13.8. The molecule has 2 amide bonds. The molecule has 0 saturated carbocycles. The minimum atomic E-state index is -5.28. The van der Waals surface area contributed by atoms with Gasteiger partial charge in [-0.1, -0.05) is 24.3 Å². The number of piperazine rings is 1. The number of ether oxygens (including phenoxy) is 1. The molecule has 2 fully saturated rings. The van der Waals surface area contributed by atoms with Gasteiger partial charge in [-0.3, -0.25) is 9.59 Å². The standard InChI is InChI=1S/C25H20F6N4O4/c26-24(27,28)18-7-3-16(4-8-18)10-35-20(36)11-34(21(37)23(35)13-33-14-23)19(12-39-22(38)25(29,30)31)17-5-1-15(9-32)2-6-17/h1-8,19,33H,10-14H2. The van der Waals surface area contributed by atoms with Gasteiger partial charge in [0.05, 0.1) is 23.2 Å². The number of nitriles is 1. The van der Waals surface area contributed by atoms with E-state index < -0.39 is 60.4 Å². The number of amides is 2. The lowest BCUT2D eigenvalue weighted by Crippen LogP contribution is -2.80. The van der Waals surface area contributed by atoms with Crippen LogP contribution < -0.4 is 5.32 Å². The molecule has 1 atom stereocenters. The van der Waals surface area contributed by atoms with E-state index in [1.807, 2.05) is 6.07 Å². The minimum Gasteiger partial charge on any atom is -0.456 e. The van der Waals surface area contributed by atoms with Gasteiger partial charge in [0.15, 0.2) is 0 Å². The fourth-order valence-electron chi connectivity index (χ4n) is 4.48. The van der Waals surface area contributed by atoms with Gasteiger partial charge in [-0.05, 0) is 35.4 Å². The predicted molar refractivity (Wildman–Crippen MR) is 120 cm³/mol. The molecule has 1 N–H and O–H groups in total. The number of nitrogens with zero attached hydrogens (tertiary/aromatic N) is 3. The molecule has 2 heterocycles. The Bertz CT molecular complexity index is 1300. The summed E-state index contributed by atoms with van der Waals surface area (Å²) in [6.07, 6.45) is -9.83. The second-order valence-corrected chi connectivity index (χ2v) is 9.09. The maximum Gasteiger partial charge on any atom is 0.490 e. The Balaban J connectivity index is 1.62. The normalized spacial score (nSPS) is 18.0. The lowest BCUT2D eigenvalue weighted by molar-refractivity contribution is -0.202. The van der Waals surface area contributed by atoms with Crippen LogP contribution in [0, 0.1) is 11.3 Å². The van der Waals surface area contributed by atoms with Gasteiger partial charge in [-0.2, -0.15) is 31.6 Å². The van der Waals surface area contributed by atoms with Crippen LogP contribution in [0.15, 0.2) is 48.5 Å².